The van der Waals surface area contributed by atoms with Crippen molar-refractivity contribution in [1.29, 1.82) is 0 Å². The average molecular weight is 593 g/mol. The maximum absolute atomic E-state index is 12.2. The van der Waals surface area contributed by atoms with E-state index in [2.05, 4.69) is 31.8 Å². The topological polar surface area (TPSA) is 89.0 Å². The number of aryl methyl sites for hydroxylation is 1. The summed E-state index contributed by atoms with van der Waals surface area (Å²) >= 11 is 15.7. The van der Waals surface area contributed by atoms with E-state index >= 15 is 0 Å². The first-order chi connectivity index (χ1) is 17.3. The fourth-order valence-electron chi connectivity index (χ4n) is 3.20. The lowest BCUT2D eigenvalue weighted by atomic mass is 10.1. The third-order valence-corrected chi connectivity index (χ3v) is 6.13. The maximum Gasteiger partial charge on any atom is 0.329 e. The molecule has 0 atom stereocenters. The molecule has 0 unspecified atom stereocenters. The quantitative estimate of drug-likeness (QED) is 0.171. The number of anilines is 1. The van der Waals surface area contributed by atoms with Crippen molar-refractivity contribution in [1.82, 2.24) is 5.43 Å². The van der Waals surface area contributed by atoms with Crippen molar-refractivity contribution in [3.63, 3.8) is 0 Å². The first-order valence-corrected chi connectivity index (χ1v) is 12.6. The van der Waals surface area contributed by atoms with Crippen molar-refractivity contribution in [2.24, 2.45) is 5.10 Å². The standard InChI is InChI=1S/C26H24BrCl2N3O4/c1-3-17-7-5-6-8-22(17)31-25(33)26(34)32-30-14-16-11-20(27)24(23(12-16)35-4-2)36-15-18-9-10-19(28)13-21(18)29/h5-14H,3-4,15H2,1-2H3,(H,31,33)(H,32,34)/b30-14+. The average Bonchev–Trinajstić information content (AvgIpc) is 2.85. The summed E-state index contributed by atoms with van der Waals surface area (Å²) in [5, 5.41) is 7.54. The fourth-order valence-corrected chi connectivity index (χ4v) is 4.24. The predicted octanol–water partition coefficient (Wildman–Crippen LogP) is 6.38. The SMILES string of the molecule is CCOc1cc(/C=N/NC(=O)C(=O)Nc2ccccc2CC)cc(Br)c1OCc1ccc(Cl)cc1Cl. The van der Waals surface area contributed by atoms with Gasteiger partial charge in [0, 0.05) is 21.3 Å². The summed E-state index contributed by atoms with van der Waals surface area (Å²) < 4.78 is 12.3. The molecule has 3 aromatic rings. The number of amides is 2. The molecule has 0 radical (unpaired) electrons. The molecule has 10 heteroatoms. The zero-order valence-electron chi connectivity index (χ0n) is 19.6. The molecule has 2 N–H and O–H groups in total. The van der Waals surface area contributed by atoms with Crippen molar-refractivity contribution in [2.75, 3.05) is 11.9 Å². The van der Waals surface area contributed by atoms with E-state index in [1.807, 2.05) is 26.0 Å². The summed E-state index contributed by atoms with van der Waals surface area (Å²) in [6.45, 7) is 4.42. The Labute approximate surface area is 227 Å². The van der Waals surface area contributed by atoms with Crippen LogP contribution in [0, 0.1) is 0 Å². The Morgan fingerprint density at radius 3 is 2.50 bits per heavy atom. The molecule has 36 heavy (non-hydrogen) atoms. The maximum atomic E-state index is 12.2. The molecule has 2 amide bonds. The lowest BCUT2D eigenvalue weighted by Crippen LogP contribution is -2.32. The Bertz CT molecular complexity index is 1280. The van der Waals surface area contributed by atoms with Gasteiger partial charge in [0.1, 0.15) is 6.61 Å². The van der Waals surface area contributed by atoms with Gasteiger partial charge in [0.15, 0.2) is 11.5 Å². The summed E-state index contributed by atoms with van der Waals surface area (Å²) in [4.78, 5) is 24.4. The number of halogens is 3. The van der Waals surface area contributed by atoms with E-state index in [1.54, 1.807) is 42.5 Å². The third kappa shape index (κ3) is 7.46. The molecular weight excluding hydrogens is 569 g/mol. The van der Waals surface area contributed by atoms with Gasteiger partial charge in [-0.15, -0.1) is 0 Å². The van der Waals surface area contributed by atoms with Gasteiger partial charge >= 0.3 is 11.8 Å². The molecule has 0 saturated carbocycles. The Morgan fingerprint density at radius 1 is 1.00 bits per heavy atom. The minimum Gasteiger partial charge on any atom is -0.490 e. The summed E-state index contributed by atoms with van der Waals surface area (Å²) in [5.74, 6) is -0.744. The van der Waals surface area contributed by atoms with E-state index in [9.17, 15) is 9.59 Å². The number of carbonyl (C=O) groups is 2. The van der Waals surface area contributed by atoms with Crippen molar-refractivity contribution in [3.05, 3.63) is 85.8 Å². The van der Waals surface area contributed by atoms with Gasteiger partial charge in [-0.1, -0.05) is 54.4 Å². The van der Waals surface area contributed by atoms with Gasteiger partial charge < -0.3 is 14.8 Å². The molecule has 0 aliphatic carbocycles. The summed E-state index contributed by atoms with van der Waals surface area (Å²) in [6.07, 6.45) is 2.12. The number of para-hydroxylation sites is 1. The van der Waals surface area contributed by atoms with E-state index in [-0.39, 0.29) is 6.61 Å². The molecule has 0 heterocycles. The second kappa shape index (κ2) is 13.3. The molecule has 3 aromatic carbocycles. The number of nitrogens with zero attached hydrogens (tertiary/aromatic N) is 1. The number of hydrogen-bond acceptors (Lipinski definition) is 5. The number of nitrogens with one attached hydrogen (secondary N) is 2. The van der Waals surface area contributed by atoms with Crippen LogP contribution in [0.1, 0.15) is 30.5 Å². The second-order valence-electron chi connectivity index (χ2n) is 7.45. The van der Waals surface area contributed by atoms with Gasteiger partial charge in [0.25, 0.3) is 0 Å². The van der Waals surface area contributed by atoms with Crippen LogP contribution in [-0.4, -0.2) is 24.6 Å². The lowest BCUT2D eigenvalue weighted by Gasteiger charge is -2.15. The lowest BCUT2D eigenvalue weighted by molar-refractivity contribution is -0.136. The van der Waals surface area contributed by atoms with Gasteiger partial charge in [-0.2, -0.15) is 5.10 Å². The van der Waals surface area contributed by atoms with Crippen LogP contribution in [0.2, 0.25) is 10.0 Å². The molecular formula is C26H24BrCl2N3O4. The number of hydrazone groups is 1. The van der Waals surface area contributed by atoms with Gasteiger partial charge in [-0.3, -0.25) is 9.59 Å². The van der Waals surface area contributed by atoms with E-state index in [1.165, 1.54) is 6.21 Å². The first kappa shape index (κ1) is 27.5. The number of rotatable bonds is 9. The molecule has 0 bridgehead atoms. The second-order valence-corrected chi connectivity index (χ2v) is 9.15. The Kier molecular flexibility index (Phi) is 10.2. The first-order valence-electron chi connectivity index (χ1n) is 11.1. The minimum absolute atomic E-state index is 0.203. The molecule has 7 nitrogen and oxygen atoms in total. The monoisotopic (exact) mass is 591 g/mol. The number of ether oxygens (including phenoxy) is 2. The zero-order chi connectivity index (χ0) is 26.1. The minimum atomic E-state index is -0.888. The molecule has 3 rings (SSSR count). The van der Waals surface area contributed by atoms with Crippen molar-refractivity contribution >= 4 is 62.8 Å². The number of hydrogen-bond donors (Lipinski definition) is 2. The number of carbonyl (C=O) groups excluding carboxylic acids is 2. The van der Waals surface area contributed by atoms with Crippen molar-refractivity contribution < 1.29 is 19.1 Å². The molecule has 0 aliphatic heterocycles. The Balaban J connectivity index is 1.67. The van der Waals surface area contributed by atoms with E-state index < -0.39 is 11.8 Å². The Hall–Kier alpha value is -3.07. The van der Waals surface area contributed by atoms with Crippen LogP contribution < -0.4 is 20.2 Å². The highest BCUT2D eigenvalue weighted by molar-refractivity contribution is 9.10. The summed E-state index contributed by atoms with van der Waals surface area (Å²) in [5.41, 5.74) is 5.13. The smallest absolute Gasteiger partial charge is 0.329 e. The highest BCUT2D eigenvalue weighted by Crippen LogP contribution is 2.37. The molecule has 0 aliphatic rings. The Morgan fingerprint density at radius 2 is 1.78 bits per heavy atom. The fraction of sp³-hybridized carbons (Fsp3) is 0.192. The largest absolute Gasteiger partial charge is 0.490 e. The van der Waals surface area contributed by atoms with Crippen molar-refractivity contribution in [2.45, 2.75) is 26.9 Å². The van der Waals surface area contributed by atoms with E-state index in [0.717, 1.165) is 17.5 Å². The molecule has 0 spiro atoms. The summed E-state index contributed by atoms with van der Waals surface area (Å²) in [6, 6.07) is 15.9. The molecule has 0 saturated heterocycles. The zero-order valence-corrected chi connectivity index (χ0v) is 22.7. The van der Waals surface area contributed by atoms with Crippen LogP contribution in [0.4, 0.5) is 5.69 Å². The van der Waals surface area contributed by atoms with Gasteiger partial charge in [-0.05, 0) is 70.7 Å². The molecule has 0 fully saturated rings. The normalized spacial score (nSPS) is 10.8. The molecule has 0 aromatic heterocycles. The van der Waals surface area contributed by atoms with Gasteiger partial charge in [0.05, 0.1) is 17.3 Å². The van der Waals surface area contributed by atoms with Gasteiger partial charge in [-0.25, -0.2) is 5.43 Å². The van der Waals surface area contributed by atoms with Crippen LogP contribution in [0.3, 0.4) is 0 Å². The third-order valence-electron chi connectivity index (χ3n) is 4.95. The summed E-state index contributed by atoms with van der Waals surface area (Å²) in [7, 11) is 0. The van der Waals surface area contributed by atoms with Crippen LogP contribution in [0.15, 0.2) is 64.2 Å². The number of benzene rings is 3. The van der Waals surface area contributed by atoms with Crippen LogP contribution >= 0.6 is 39.1 Å². The molecule has 188 valence electrons. The highest BCUT2D eigenvalue weighted by atomic mass is 79.9. The van der Waals surface area contributed by atoms with Crippen LogP contribution in [0.5, 0.6) is 11.5 Å². The highest BCUT2D eigenvalue weighted by Gasteiger charge is 2.15. The predicted molar refractivity (Wildman–Crippen MR) is 146 cm³/mol. The van der Waals surface area contributed by atoms with Gasteiger partial charge in [0.2, 0.25) is 0 Å². The van der Waals surface area contributed by atoms with E-state index in [4.69, 9.17) is 32.7 Å². The van der Waals surface area contributed by atoms with Crippen molar-refractivity contribution in [3.8, 4) is 11.5 Å². The van der Waals surface area contributed by atoms with Crippen LogP contribution in [-0.2, 0) is 22.6 Å². The van der Waals surface area contributed by atoms with Crippen LogP contribution in [0.25, 0.3) is 0 Å². The van der Waals surface area contributed by atoms with E-state index in [0.29, 0.717) is 43.9 Å².